The Bertz CT molecular complexity index is 349. The topological polar surface area (TPSA) is 17.1 Å². The van der Waals surface area contributed by atoms with Crippen LogP contribution in [-0.4, -0.2) is 5.24 Å². The molecule has 1 aromatic carbocycles. The van der Waals surface area contributed by atoms with Crippen molar-refractivity contribution in [3.8, 4) is 0 Å². The van der Waals surface area contributed by atoms with E-state index in [2.05, 4.69) is 15.9 Å². The molecule has 0 radical (unpaired) electrons. The number of benzene rings is 1. The SMILES string of the molecule is Cc1cccc(CC(C)C(=O)Cl)c1Br. The minimum atomic E-state index is -0.279. The van der Waals surface area contributed by atoms with E-state index >= 15 is 0 Å². The monoisotopic (exact) mass is 274 g/mol. The molecule has 14 heavy (non-hydrogen) atoms. The summed E-state index contributed by atoms with van der Waals surface area (Å²) in [4.78, 5) is 10.9. The van der Waals surface area contributed by atoms with Crippen LogP contribution in [0.1, 0.15) is 18.1 Å². The third-order valence-corrected chi connectivity index (χ3v) is 3.69. The van der Waals surface area contributed by atoms with Crippen molar-refractivity contribution < 1.29 is 4.79 Å². The van der Waals surface area contributed by atoms with Gasteiger partial charge in [0, 0.05) is 10.4 Å². The predicted octanol–water partition coefficient (Wildman–Crippen LogP) is 3.70. The van der Waals surface area contributed by atoms with Gasteiger partial charge < -0.3 is 0 Å². The molecular formula is C11H12BrClO. The molecule has 0 aliphatic carbocycles. The first-order valence-corrected chi connectivity index (χ1v) is 5.62. The lowest BCUT2D eigenvalue weighted by Gasteiger charge is -2.09. The van der Waals surface area contributed by atoms with Gasteiger partial charge in [-0.05, 0) is 36.1 Å². The molecule has 0 heterocycles. The van der Waals surface area contributed by atoms with Crippen LogP contribution in [0, 0.1) is 12.8 Å². The van der Waals surface area contributed by atoms with Gasteiger partial charge in [-0.15, -0.1) is 0 Å². The van der Waals surface area contributed by atoms with E-state index in [4.69, 9.17) is 11.6 Å². The van der Waals surface area contributed by atoms with Gasteiger partial charge in [0.1, 0.15) is 0 Å². The molecule has 0 spiro atoms. The van der Waals surface area contributed by atoms with Crippen molar-refractivity contribution in [2.75, 3.05) is 0 Å². The maximum Gasteiger partial charge on any atom is 0.224 e. The van der Waals surface area contributed by atoms with Gasteiger partial charge in [-0.2, -0.15) is 0 Å². The van der Waals surface area contributed by atoms with E-state index in [9.17, 15) is 4.79 Å². The van der Waals surface area contributed by atoms with Crippen molar-refractivity contribution in [3.63, 3.8) is 0 Å². The van der Waals surface area contributed by atoms with Gasteiger partial charge in [-0.3, -0.25) is 4.79 Å². The third kappa shape index (κ3) is 2.82. The Kier molecular flexibility index (Phi) is 4.14. The van der Waals surface area contributed by atoms with Crippen LogP contribution in [0.4, 0.5) is 0 Å². The summed E-state index contributed by atoms with van der Waals surface area (Å²) in [6.45, 7) is 3.87. The fourth-order valence-electron chi connectivity index (χ4n) is 1.28. The summed E-state index contributed by atoms with van der Waals surface area (Å²) >= 11 is 8.92. The second kappa shape index (κ2) is 4.94. The molecule has 76 valence electrons. The zero-order valence-electron chi connectivity index (χ0n) is 8.18. The highest BCUT2D eigenvalue weighted by Gasteiger charge is 2.12. The average Bonchev–Trinajstić information content (AvgIpc) is 2.12. The summed E-state index contributed by atoms with van der Waals surface area (Å²) in [5.74, 6) is -0.130. The highest BCUT2D eigenvalue weighted by molar-refractivity contribution is 9.10. The molecule has 1 nitrogen and oxygen atoms in total. The molecule has 1 aromatic rings. The fraction of sp³-hybridized carbons (Fsp3) is 0.364. The molecule has 1 unspecified atom stereocenters. The molecule has 0 amide bonds. The third-order valence-electron chi connectivity index (χ3n) is 2.19. The fourth-order valence-corrected chi connectivity index (χ4v) is 1.78. The predicted molar refractivity (Wildman–Crippen MR) is 62.6 cm³/mol. The summed E-state index contributed by atoms with van der Waals surface area (Å²) in [7, 11) is 0. The zero-order chi connectivity index (χ0) is 10.7. The Morgan fingerprint density at radius 1 is 1.57 bits per heavy atom. The summed E-state index contributed by atoms with van der Waals surface area (Å²) in [5, 5.41) is -0.279. The van der Waals surface area contributed by atoms with Crippen LogP contribution < -0.4 is 0 Å². The van der Waals surface area contributed by atoms with E-state index < -0.39 is 0 Å². The van der Waals surface area contributed by atoms with E-state index in [0.29, 0.717) is 6.42 Å². The van der Waals surface area contributed by atoms with Crippen molar-refractivity contribution in [3.05, 3.63) is 33.8 Å². The summed E-state index contributed by atoms with van der Waals surface area (Å²) < 4.78 is 1.07. The number of hydrogen-bond acceptors (Lipinski definition) is 1. The molecule has 0 fully saturated rings. The van der Waals surface area contributed by atoms with Crippen LogP contribution >= 0.6 is 27.5 Å². The molecule has 1 rings (SSSR count). The van der Waals surface area contributed by atoms with E-state index in [1.165, 1.54) is 5.56 Å². The Morgan fingerprint density at radius 2 is 2.21 bits per heavy atom. The first kappa shape index (κ1) is 11.7. The maximum atomic E-state index is 10.9. The van der Waals surface area contributed by atoms with Crippen molar-refractivity contribution in [1.82, 2.24) is 0 Å². The normalized spacial score (nSPS) is 12.6. The highest BCUT2D eigenvalue weighted by Crippen LogP contribution is 2.24. The maximum absolute atomic E-state index is 10.9. The first-order chi connectivity index (χ1) is 6.52. The molecule has 1 atom stereocenters. The van der Waals surface area contributed by atoms with E-state index in [-0.39, 0.29) is 11.2 Å². The summed E-state index contributed by atoms with van der Waals surface area (Å²) in [6, 6.07) is 6.02. The lowest BCUT2D eigenvalue weighted by molar-refractivity contribution is -0.114. The van der Waals surface area contributed by atoms with Gasteiger partial charge in [-0.25, -0.2) is 0 Å². The molecular weight excluding hydrogens is 263 g/mol. The van der Waals surface area contributed by atoms with Crippen molar-refractivity contribution in [2.24, 2.45) is 5.92 Å². The van der Waals surface area contributed by atoms with Crippen molar-refractivity contribution in [2.45, 2.75) is 20.3 Å². The Labute approximate surface area is 97.6 Å². The van der Waals surface area contributed by atoms with Gasteiger partial charge >= 0.3 is 0 Å². The number of halogens is 2. The molecule has 0 aliphatic rings. The van der Waals surface area contributed by atoms with Gasteiger partial charge in [0.2, 0.25) is 5.24 Å². The van der Waals surface area contributed by atoms with Crippen LogP contribution in [0.3, 0.4) is 0 Å². The van der Waals surface area contributed by atoms with Crippen LogP contribution in [0.2, 0.25) is 0 Å². The van der Waals surface area contributed by atoms with Crippen molar-refractivity contribution in [1.29, 1.82) is 0 Å². The van der Waals surface area contributed by atoms with Gasteiger partial charge in [-0.1, -0.05) is 41.1 Å². The first-order valence-electron chi connectivity index (χ1n) is 4.45. The van der Waals surface area contributed by atoms with E-state index in [0.717, 1.165) is 10.0 Å². The lowest BCUT2D eigenvalue weighted by Crippen LogP contribution is -2.07. The van der Waals surface area contributed by atoms with Crippen molar-refractivity contribution >= 4 is 32.8 Å². The van der Waals surface area contributed by atoms with E-state index in [1.807, 2.05) is 32.0 Å². The van der Waals surface area contributed by atoms with Gasteiger partial charge in [0.05, 0.1) is 0 Å². The quantitative estimate of drug-likeness (QED) is 0.769. The minimum Gasteiger partial charge on any atom is -0.281 e. The molecule has 3 heteroatoms. The summed E-state index contributed by atoms with van der Waals surface area (Å²) in [5.41, 5.74) is 2.31. The molecule has 0 saturated heterocycles. The highest BCUT2D eigenvalue weighted by atomic mass is 79.9. The Balaban J connectivity index is 2.87. The number of hydrogen-bond donors (Lipinski definition) is 0. The number of carbonyl (C=O) groups excluding carboxylic acids is 1. The summed E-state index contributed by atoms with van der Waals surface area (Å²) in [6.07, 6.45) is 0.685. The van der Waals surface area contributed by atoms with Gasteiger partial charge in [0.15, 0.2) is 0 Å². The minimum absolute atomic E-state index is 0.130. The van der Waals surface area contributed by atoms with Gasteiger partial charge in [0.25, 0.3) is 0 Å². The molecule has 0 aromatic heterocycles. The second-order valence-electron chi connectivity index (χ2n) is 3.46. The van der Waals surface area contributed by atoms with Crippen LogP contribution in [0.5, 0.6) is 0 Å². The van der Waals surface area contributed by atoms with E-state index in [1.54, 1.807) is 0 Å². The molecule has 0 saturated carbocycles. The smallest absolute Gasteiger partial charge is 0.224 e. The lowest BCUT2D eigenvalue weighted by atomic mass is 10.0. The largest absolute Gasteiger partial charge is 0.281 e. The number of carbonyl (C=O) groups is 1. The average molecular weight is 276 g/mol. The van der Waals surface area contributed by atoms with Crippen LogP contribution in [0.25, 0.3) is 0 Å². The molecule has 0 N–H and O–H groups in total. The second-order valence-corrected chi connectivity index (χ2v) is 4.62. The standard InChI is InChI=1S/C11H12BrClO/c1-7-4-3-5-9(10(7)12)6-8(2)11(13)14/h3-5,8H,6H2,1-2H3. The Hall–Kier alpha value is -0.340. The van der Waals surface area contributed by atoms with Crippen LogP contribution in [-0.2, 0) is 11.2 Å². The number of aryl methyl sites for hydroxylation is 1. The molecule has 0 bridgehead atoms. The number of rotatable bonds is 3. The Morgan fingerprint density at radius 3 is 2.79 bits per heavy atom. The zero-order valence-corrected chi connectivity index (χ0v) is 10.5. The molecule has 0 aliphatic heterocycles. The van der Waals surface area contributed by atoms with Crippen LogP contribution in [0.15, 0.2) is 22.7 Å².